The molecule has 2 saturated heterocycles. The van der Waals surface area contributed by atoms with Crippen molar-refractivity contribution in [3.8, 4) is 0 Å². The zero-order valence-corrected chi connectivity index (χ0v) is 21.1. The summed E-state index contributed by atoms with van der Waals surface area (Å²) in [4.78, 5) is 27.2. The normalized spacial score (nSPS) is 18.7. The van der Waals surface area contributed by atoms with Crippen molar-refractivity contribution >= 4 is 47.3 Å². The van der Waals surface area contributed by atoms with Gasteiger partial charge < -0.3 is 25.3 Å². The minimum Gasteiger partial charge on any atom is -0.368 e. The minimum atomic E-state index is -0.311. The molecule has 10 heteroatoms. The van der Waals surface area contributed by atoms with Gasteiger partial charge in [0.1, 0.15) is 0 Å². The molecule has 2 fully saturated rings. The van der Waals surface area contributed by atoms with E-state index in [0.29, 0.717) is 38.0 Å². The Hall–Kier alpha value is -2.63. The number of benzene rings is 1. The van der Waals surface area contributed by atoms with Crippen LogP contribution in [0.25, 0.3) is 0 Å². The van der Waals surface area contributed by atoms with E-state index in [0.717, 1.165) is 19.5 Å². The van der Waals surface area contributed by atoms with E-state index in [-0.39, 0.29) is 48.3 Å². The number of guanidine groups is 1. The van der Waals surface area contributed by atoms with E-state index in [1.54, 1.807) is 19.3 Å². The summed E-state index contributed by atoms with van der Waals surface area (Å²) < 4.78 is 14.0. The predicted molar refractivity (Wildman–Crippen MR) is 140 cm³/mol. The number of para-hydroxylation sites is 1. The molecule has 1 unspecified atom stereocenters. The number of pyridine rings is 1. The predicted octanol–water partition coefficient (Wildman–Crippen LogP) is 1.93. The zero-order chi connectivity index (χ0) is 22.3. The van der Waals surface area contributed by atoms with Crippen LogP contribution >= 0.6 is 24.0 Å². The van der Waals surface area contributed by atoms with Crippen LogP contribution in [0.3, 0.4) is 0 Å². The third-order valence-corrected chi connectivity index (χ3v) is 5.95. The fraction of sp³-hybridized carbons (Fsp3) is 0.435. The Bertz CT molecular complexity index is 937. The molecule has 2 aliphatic rings. The fourth-order valence-corrected chi connectivity index (χ4v) is 4.19. The molecule has 2 aromatic rings. The molecular weight excluding hydrogens is 536 g/mol. The summed E-state index contributed by atoms with van der Waals surface area (Å²) in [5.41, 5.74) is 1.19. The molecular formula is C23H31FIN7O. The maximum Gasteiger partial charge on any atom is 0.242 e. The molecule has 1 atom stereocenters. The van der Waals surface area contributed by atoms with Crippen molar-refractivity contribution in [2.75, 3.05) is 62.7 Å². The van der Waals surface area contributed by atoms with Gasteiger partial charge in [-0.1, -0.05) is 18.2 Å². The largest absolute Gasteiger partial charge is 0.368 e. The molecule has 33 heavy (non-hydrogen) atoms. The Morgan fingerprint density at radius 1 is 1.09 bits per heavy atom. The Morgan fingerprint density at radius 2 is 1.85 bits per heavy atom. The van der Waals surface area contributed by atoms with Crippen molar-refractivity contribution < 1.29 is 9.18 Å². The number of halogens is 2. The van der Waals surface area contributed by atoms with Crippen molar-refractivity contribution in [2.45, 2.75) is 12.5 Å². The van der Waals surface area contributed by atoms with Gasteiger partial charge in [0.2, 0.25) is 5.91 Å². The summed E-state index contributed by atoms with van der Waals surface area (Å²) in [6.07, 6.45) is 2.44. The van der Waals surface area contributed by atoms with E-state index >= 15 is 0 Å². The van der Waals surface area contributed by atoms with E-state index in [2.05, 4.69) is 37.6 Å². The van der Waals surface area contributed by atoms with Crippen LogP contribution in [0.4, 0.5) is 15.9 Å². The first-order valence-electron chi connectivity index (χ1n) is 11.0. The molecule has 0 bridgehead atoms. The van der Waals surface area contributed by atoms with Gasteiger partial charge in [0.25, 0.3) is 0 Å². The number of carbonyl (C=O) groups excluding carboxylic acids is 1. The quantitative estimate of drug-likeness (QED) is 0.327. The van der Waals surface area contributed by atoms with Crippen molar-refractivity contribution in [1.29, 1.82) is 0 Å². The molecule has 0 aliphatic carbocycles. The fourth-order valence-electron chi connectivity index (χ4n) is 4.19. The second-order valence-electron chi connectivity index (χ2n) is 8.01. The number of aliphatic imine (C=N–C) groups is 1. The van der Waals surface area contributed by atoms with E-state index in [9.17, 15) is 9.18 Å². The maximum absolute atomic E-state index is 14.0. The molecule has 0 radical (unpaired) electrons. The van der Waals surface area contributed by atoms with Crippen LogP contribution in [0, 0.1) is 5.82 Å². The zero-order valence-electron chi connectivity index (χ0n) is 18.8. The van der Waals surface area contributed by atoms with Crippen LogP contribution < -0.4 is 20.4 Å². The second-order valence-corrected chi connectivity index (χ2v) is 8.01. The Balaban J connectivity index is 0.00000306. The highest BCUT2D eigenvalue weighted by Gasteiger charge is 2.26. The number of nitrogens with zero attached hydrogens (tertiary/aromatic N) is 5. The summed E-state index contributed by atoms with van der Waals surface area (Å²) >= 11 is 0. The lowest BCUT2D eigenvalue weighted by atomic mass is 10.2. The van der Waals surface area contributed by atoms with Gasteiger partial charge >= 0.3 is 0 Å². The lowest BCUT2D eigenvalue weighted by molar-refractivity contribution is -0.130. The van der Waals surface area contributed by atoms with Gasteiger partial charge in [0.05, 0.1) is 6.54 Å². The first kappa shape index (κ1) is 25.0. The molecule has 0 spiro atoms. The highest BCUT2D eigenvalue weighted by atomic mass is 127. The molecule has 1 amide bonds. The third kappa shape index (κ3) is 6.46. The Labute approximate surface area is 211 Å². The molecule has 2 aliphatic heterocycles. The number of amides is 1. The monoisotopic (exact) mass is 567 g/mol. The molecule has 3 heterocycles. The topological polar surface area (TPSA) is 76.1 Å². The highest BCUT2D eigenvalue weighted by Crippen LogP contribution is 2.20. The number of carbonyl (C=O) groups is 1. The van der Waals surface area contributed by atoms with E-state index in [4.69, 9.17) is 0 Å². The lowest BCUT2D eigenvalue weighted by Gasteiger charge is -2.36. The first-order valence-corrected chi connectivity index (χ1v) is 11.0. The van der Waals surface area contributed by atoms with E-state index < -0.39 is 0 Å². The number of piperazine rings is 1. The summed E-state index contributed by atoms with van der Waals surface area (Å²) in [7, 11) is 1.68. The first-order chi connectivity index (χ1) is 15.6. The van der Waals surface area contributed by atoms with Crippen LogP contribution in [0.2, 0.25) is 0 Å². The number of anilines is 2. The molecule has 1 aromatic heterocycles. The maximum atomic E-state index is 14.0. The second kappa shape index (κ2) is 12.0. The van der Waals surface area contributed by atoms with Gasteiger partial charge in [0, 0.05) is 64.2 Å². The highest BCUT2D eigenvalue weighted by molar-refractivity contribution is 14.0. The molecule has 178 valence electrons. The summed E-state index contributed by atoms with van der Waals surface area (Å²) in [6.45, 7) is 4.59. The Morgan fingerprint density at radius 3 is 2.55 bits per heavy atom. The van der Waals surface area contributed by atoms with Gasteiger partial charge in [0.15, 0.2) is 17.6 Å². The Kier molecular flexibility index (Phi) is 9.10. The van der Waals surface area contributed by atoms with Crippen molar-refractivity contribution in [3.05, 3.63) is 54.5 Å². The number of nitrogens with one attached hydrogen (secondary N) is 2. The number of rotatable bonds is 5. The van der Waals surface area contributed by atoms with Crippen molar-refractivity contribution in [2.24, 2.45) is 4.99 Å². The van der Waals surface area contributed by atoms with Crippen LogP contribution in [0.15, 0.2) is 53.7 Å². The van der Waals surface area contributed by atoms with Gasteiger partial charge in [-0.3, -0.25) is 9.79 Å². The summed E-state index contributed by atoms with van der Waals surface area (Å²) in [5, 5.41) is 6.47. The van der Waals surface area contributed by atoms with Gasteiger partial charge in [-0.25, -0.2) is 9.37 Å². The third-order valence-electron chi connectivity index (χ3n) is 5.95. The molecule has 0 saturated carbocycles. The number of hydrogen-bond acceptors (Lipinski definition) is 5. The van der Waals surface area contributed by atoms with Gasteiger partial charge in [-0.15, -0.1) is 24.0 Å². The number of hydrogen-bond donors (Lipinski definition) is 2. The van der Waals surface area contributed by atoms with E-state index in [1.807, 2.05) is 28.0 Å². The molecule has 8 nitrogen and oxygen atoms in total. The summed E-state index contributed by atoms with van der Waals surface area (Å²) in [6, 6.07) is 13.4. The molecule has 4 rings (SSSR count). The van der Waals surface area contributed by atoms with Crippen LogP contribution in [-0.2, 0) is 4.79 Å². The molecule has 1 aromatic carbocycles. The minimum absolute atomic E-state index is 0. The average molecular weight is 567 g/mol. The average Bonchev–Trinajstić information content (AvgIpc) is 3.30. The number of aromatic nitrogens is 1. The van der Waals surface area contributed by atoms with Gasteiger partial charge in [-0.2, -0.15) is 0 Å². The van der Waals surface area contributed by atoms with E-state index in [1.165, 1.54) is 11.8 Å². The van der Waals surface area contributed by atoms with Gasteiger partial charge in [-0.05, 0) is 30.7 Å². The van der Waals surface area contributed by atoms with Crippen molar-refractivity contribution in [1.82, 2.24) is 20.5 Å². The summed E-state index contributed by atoms with van der Waals surface area (Å²) in [5.74, 6) is 0.706. The van der Waals surface area contributed by atoms with Crippen LogP contribution in [0.5, 0.6) is 0 Å². The molecule has 2 N–H and O–H groups in total. The smallest absolute Gasteiger partial charge is 0.242 e. The lowest BCUT2D eigenvalue weighted by Crippen LogP contribution is -2.53. The van der Waals surface area contributed by atoms with Crippen LogP contribution in [-0.4, -0.2) is 80.7 Å². The van der Waals surface area contributed by atoms with Crippen LogP contribution in [0.1, 0.15) is 6.42 Å². The van der Waals surface area contributed by atoms with Crippen molar-refractivity contribution in [3.63, 3.8) is 0 Å². The SMILES string of the molecule is CN=C(NCC(=O)N1CCN(c2ccccc2)CC1)NC1CCN(c2ncccc2F)C1.I. The standard InChI is InChI=1S/C23H30FN7O.HI/c1-25-23(28-18-9-11-31(17-18)22-20(24)8-5-10-26-22)27-16-21(32)30-14-12-29(13-15-30)19-6-3-2-4-7-19;/h2-8,10,18H,9,11-17H2,1H3,(H2,25,27,28);1H.